The third-order valence-corrected chi connectivity index (χ3v) is 3.71. The minimum absolute atomic E-state index is 0.248. The third-order valence-electron chi connectivity index (χ3n) is 2.84. The largest absolute Gasteiger partial charge is 0.497 e. The summed E-state index contributed by atoms with van der Waals surface area (Å²) in [7, 11) is 1.58. The van der Waals surface area contributed by atoms with E-state index < -0.39 is 6.04 Å². The molecule has 0 fully saturated rings. The molecule has 1 atom stereocenters. The minimum atomic E-state index is -0.623. The topological polar surface area (TPSA) is 67.4 Å². The summed E-state index contributed by atoms with van der Waals surface area (Å²) in [6, 6.07) is 9.88. The van der Waals surface area contributed by atoms with Crippen LogP contribution in [-0.2, 0) is 4.79 Å². The van der Waals surface area contributed by atoms with Crippen molar-refractivity contribution in [3.8, 4) is 5.75 Å². The van der Waals surface area contributed by atoms with Crippen molar-refractivity contribution in [2.24, 2.45) is 0 Å². The Balaban J connectivity index is 1.91. The average Bonchev–Trinajstić information content (AvgIpc) is 3.02. The van der Waals surface area contributed by atoms with E-state index >= 15 is 0 Å². The van der Waals surface area contributed by atoms with E-state index in [2.05, 4.69) is 10.6 Å². The van der Waals surface area contributed by atoms with Crippen molar-refractivity contribution in [1.29, 1.82) is 0 Å². The van der Waals surface area contributed by atoms with Gasteiger partial charge in [0.25, 0.3) is 5.91 Å². The van der Waals surface area contributed by atoms with E-state index in [0.29, 0.717) is 16.3 Å². The van der Waals surface area contributed by atoms with Gasteiger partial charge >= 0.3 is 0 Å². The highest BCUT2D eigenvalue weighted by molar-refractivity contribution is 7.12. The number of carbonyl (C=O) groups excluding carboxylic acids is 2. The molecule has 0 spiro atoms. The standard InChI is InChI=1S/C15H16N2O3S/c1-10(16-15(19)13-4-3-9-21-13)14(18)17-11-5-7-12(20-2)8-6-11/h3-10H,1-2H3,(H,16,19)(H,17,18)/t10-/m0/s1. The van der Waals surface area contributed by atoms with E-state index in [4.69, 9.17) is 4.74 Å². The molecule has 0 aliphatic rings. The van der Waals surface area contributed by atoms with Crippen molar-refractivity contribution in [1.82, 2.24) is 5.32 Å². The number of anilines is 1. The van der Waals surface area contributed by atoms with Gasteiger partial charge in [-0.05, 0) is 42.6 Å². The minimum Gasteiger partial charge on any atom is -0.497 e. The molecule has 0 saturated carbocycles. The molecule has 0 unspecified atom stereocenters. The van der Waals surface area contributed by atoms with Crippen molar-refractivity contribution in [3.05, 3.63) is 46.7 Å². The van der Waals surface area contributed by atoms with E-state index in [-0.39, 0.29) is 11.8 Å². The number of benzene rings is 1. The molecule has 2 amide bonds. The second-order valence-electron chi connectivity index (χ2n) is 4.39. The van der Waals surface area contributed by atoms with Crippen molar-refractivity contribution < 1.29 is 14.3 Å². The Morgan fingerprint density at radius 1 is 1.19 bits per heavy atom. The maximum Gasteiger partial charge on any atom is 0.261 e. The van der Waals surface area contributed by atoms with Crippen molar-refractivity contribution >= 4 is 28.8 Å². The van der Waals surface area contributed by atoms with Crippen molar-refractivity contribution in [2.75, 3.05) is 12.4 Å². The van der Waals surface area contributed by atoms with Gasteiger partial charge in [0.1, 0.15) is 11.8 Å². The lowest BCUT2D eigenvalue weighted by Crippen LogP contribution is -2.41. The van der Waals surface area contributed by atoms with Gasteiger partial charge in [0.05, 0.1) is 12.0 Å². The molecule has 0 radical (unpaired) electrons. The third kappa shape index (κ3) is 4.06. The van der Waals surface area contributed by atoms with Crippen LogP contribution in [0.5, 0.6) is 5.75 Å². The summed E-state index contributed by atoms with van der Waals surface area (Å²) in [5.74, 6) is 0.194. The quantitative estimate of drug-likeness (QED) is 0.892. The van der Waals surface area contributed by atoms with Crippen LogP contribution in [0.25, 0.3) is 0 Å². The molecular weight excluding hydrogens is 288 g/mol. The molecule has 110 valence electrons. The second kappa shape index (κ2) is 6.90. The maximum atomic E-state index is 12.0. The van der Waals surface area contributed by atoms with E-state index in [1.807, 2.05) is 5.38 Å². The molecule has 5 nitrogen and oxygen atoms in total. The summed E-state index contributed by atoms with van der Waals surface area (Å²) in [6.45, 7) is 1.64. The Labute approximate surface area is 126 Å². The molecule has 1 aromatic heterocycles. The van der Waals surface area contributed by atoms with Gasteiger partial charge in [-0.1, -0.05) is 6.07 Å². The monoisotopic (exact) mass is 304 g/mol. The first-order valence-electron chi connectivity index (χ1n) is 6.39. The Kier molecular flexibility index (Phi) is 4.94. The number of hydrogen-bond acceptors (Lipinski definition) is 4. The predicted octanol–water partition coefficient (Wildman–Crippen LogP) is 2.51. The molecule has 2 rings (SSSR count). The lowest BCUT2D eigenvalue weighted by atomic mass is 10.2. The Morgan fingerprint density at radius 3 is 2.48 bits per heavy atom. The van der Waals surface area contributed by atoms with E-state index in [9.17, 15) is 9.59 Å². The van der Waals surface area contributed by atoms with Crippen LogP contribution in [0.2, 0.25) is 0 Å². The molecule has 0 bridgehead atoms. The molecule has 6 heteroatoms. The molecule has 0 aliphatic heterocycles. The number of nitrogens with one attached hydrogen (secondary N) is 2. The fourth-order valence-corrected chi connectivity index (χ4v) is 2.29. The second-order valence-corrected chi connectivity index (χ2v) is 5.34. The molecule has 2 N–H and O–H groups in total. The van der Waals surface area contributed by atoms with Crippen LogP contribution >= 0.6 is 11.3 Å². The van der Waals surface area contributed by atoms with Gasteiger partial charge in [-0.25, -0.2) is 0 Å². The molecule has 0 aliphatic carbocycles. The summed E-state index contributed by atoms with van der Waals surface area (Å²) in [6.07, 6.45) is 0. The SMILES string of the molecule is COc1ccc(NC(=O)[C@H](C)NC(=O)c2cccs2)cc1. The fourth-order valence-electron chi connectivity index (χ4n) is 1.67. The van der Waals surface area contributed by atoms with Gasteiger partial charge < -0.3 is 15.4 Å². The van der Waals surface area contributed by atoms with Crippen LogP contribution in [0.15, 0.2) is 41.8 Å². The van der Waals surface area contributed by atoms with E-state index in [1.54, 1.807) is 50.4 Å². The summed E-state index contributed by atoms with van der Waals surface area (Å²) in [5, 5.41) is 7.21. The van der Waals surface area contributed by atoms with Crippen molar-refractivity contribution in [3.63, 3.8) is 0 Å². The molecule has 2 aromatic rings. The highest BCUT2D eigenvalue weighted by Crippen LogP contribution is 2.15. The highest BCUT2D eigenvalue weighted by atomic mass is 32.1. The fraction of sp³-hybridized carbons (Fsp3) is 0.200. The summed E-state index contributed by atoms with van der Waals surface area (Å²) in [5.41, 5.74) is 0.651. The van der Waals surface area contributed by atoms with Crippen LogP contribution in [0.1, 0.15) is 16.6 Å². The zero-order valence-corrected chi connectivity index (χ0v) is 12.6. The lowest BCUT2D eigenvalue weighted by Gasteiger charge is -2.13. The summed E-state index contributed by atoms with van der Waals surface area (Å²) in [4.78, 5) is 24.5. The van der Waals surface area contributed by atoms with Crippen LogP contribution in [0.4, 0.5) is 5.69 Å². The Hall–Kier alpha value is -2.34. The van der Waals surface area contributed by atoms with Gasteiger partial charge in [-0.2, -0.15) is 0 Å². The number of carbonyl (C=O) groups is 2. The summed E-state index contributed by atoms with van der Waals surface area (Å²) >= 11 is 1.34. The Bertz CT molecular complexity index is 608. The lowest BCUT2D eigenvalue weighted by molar-refractivity contribution is -0.117. The normalized spacial score (nSPS) is 11.5. The Morgan fingerprint density at radius 2 is 1.90 bits per heavy atom. The van der Waals surface area contributed by atoms with E-state index in [1.165, 1.54) is 11.3 Å². The molecule has 1 heterocycles. The van der Waals surface area contributed by atoms with Crippen LogP contribution in [0, 0.1) is 0 Å². The number of hydrogen-bond donors (Lipinski definition) is 2. The first kappa shape index (κ1) is 15.1. The summed E-state index contributed by atoms with van der Waals surface area (Å²) < 4.78 is 5.05. The average molecular weight is 304 g/mol. The van der Waals surface area contributed by atoms with Gasteiger partial charge in [-0.15, -0.1) is 11.3 Å². The number of ether oxygens (including phenoxy) is 1. The molecule has 21 heavy (non-hydrogen) atoms. The predicted molar refractivity (Wildman–Crippen MR) is 82.9 cm³/mol. The van der Waals surface area contributed by atoms with Gasteiger partial charge in [0.2, 0.25) is 5.91 Å². The smallest absolute Gasteiger partial charge is 0.261 e. The van der Waals surface area contributed by atoms with Crippen LogP contribution < -0.4 is 15.4 Å². The zero-order valence-electron chi connectivity index (χ0n) is 11.8. The number of amides is 2. The number of methoxy groups -OCH3 is 1. The number of rotatable bonds is 5. The van der Waals surface area contributed by atoms with Crippen LogP contribution in [0.3, 0.4) is 0 Å². The van der Waals surface area contributed by atoms with Gasteiger partial charge in [0.15, 0.2) is 0 Å². The van der Waals surface area contributed by atoms with Crippen LogP contribution in [-0.4, -0.2) is 25.0 Å². The van der Waals surface area contributed by atoms with Gasteiger partial charge in [0, 0.05) is 5.69 Å². The maximum absolute atomic E-state index is 12.0. The van der Waals surface area contributed by atoms with Crippen molar-refractivity contribution in [2.45, 2.75) is 13.0 Å². The van der Waals surface area contributed by atoms with Gasteiger partial charge in [-0.3, -0.25) is 9.59 Å². The van der Waals surface area contributed by atoms with E-state index in [0.717, 1.165) is 0 Å². The first-order chi connectivity index (χ1) is 10.1. The first-order valence-corrected chi connectivity index (χ1v) is 7.27. The highest BCUT2D eigenvalue weighted by Gasteiger charge is 2.17. The molecular formula is C15H16N2O3S. The number of thiophene rings is 1. The molecule has 1 aromatic carbocycles. The zero-order chi connectivity index (χ0) is 15.2. The molecule has 0 saturated heterocycles.